The minimum atomic E-state index is -0.867. The molecule has 0 aromatic rings. The van der Waals surface area contributed by atoms with Crippen LogP contribution in [0.4, 0.5) is 0 Å². The summed E-state index contributed by atoms with van der Waals surface area (Å²) in [6.07, 6.45) is 58.3. The van der Waals surface area contributed by atoms with E-state index in [0.29, 0.717) is 6.42 Å². The van der Waals surface area contributed by atoms with Crippen LogP contribution in [0, 0.1) is 0 Å². The predicted octanol–water partition coefficient (Wildman–Crippen LogP) is 14.6. The highest BCUT2D eigenvalue weighted by Gasteiger charge is 2.17. The topological polar surface area (TPSA) is 69.6 Å². The summed E-state index contributed by atoms with van der Waals surface area (Å²) in [4.78, 5) is 12.4. The number of allylic oxidation sites excluding steroid dienone is 5. The van der Waals surface area contributed by atoms with Crippen molar-refractivity contribution in [3.8, 4) is 0 Å². The van der Waals surface area contributed by atoms with Gasteiger partial charge in [0.15, 0.2) is 0 Å². The van der Waals surface area contributed by atoms with Crippen molar-refractivity contribution in [2.45, 2.75) is 257 Å². The summed E-state index contributed by atoms with van der Waals surface area (Å²) in [6, 6.07) is -0.642. The van der Waals surface area contributed by atoms with E-state index < -0.39 is 12.1 Å². The summed E-state index contributed by atoms with van der Waals surface area (Å²) in [5.74, 6) is -0.0746. The molecule has 0 aromatic carbocycles. The second-order valence-electron chi connectivity index (χ2n) is 15.8. The highest BCUT2D eigenvalue weighted by atomic mass is 16.3. The van der Waals surface area contributed by atoms with Crippen molar-refractivity contribution in [1.82, 2.24) is 5.32 Å². The largest absolute Gasteiger partial charge is 0.394 e. The van der Waals surface area contributed by atoms with E-state index in [1.165, 1.54) is 186 Å². The van der Waals surface area contributed by atoms with Crippen LogP contribution < -0.4 is 5.32 Å². The van der Waals surface area contributed by atoms with Gasteiger partial charge in [0.2, 0.25) is 5.91 Å². The number of unbranched alkanes of at least 4 members (excludes halogenated alkanes) is 31. The highest BCUT2D eigenvalue weighted by Crippen LogP contribution is 2.16. The maximum atomic E-state index is 12.4. The molecule has 0 aliphatic rings. The molecule has 0 aliphatic heterocycles. The smallest absolute Gasteiger partial charge is 0.220 e. The SMILES string of the molecule is CCCCCCCCCCCC/C=C/CC/C=C/CC/C=C/C(O)C(CO)NC(=O)CCCCCCCCCCCCCCCCCCCCCC. The third-order valence-electron chi connectivity index (χ3n) is 10.6. The molecule has 306 valence electrons. The van der Waals surface area contributed by atoms with Crippen LogP contribution in [0.5, 0.6) is 0 Å². The van der Waals surface area contributed by atoms with Crippen molar-refractivity contribution in [3.05, 3.63) is 36.5 Å². The van der Waals surface area contributed by atoms with Crippen molar-refractivity contribution >= 4 is 5.91 Å². The van der Waals surface area contributed by atoms with Gasteiger partial charge in [-0.2, -0.15) is 0 Å². The molecule has 2 unspecified atom stereocenters. The van der Waals surface area contributed by atoms with Gasteiger partial charge in [-0.15, -0.1) is 0 Å². The Hall–Kier alpha value is -1.39. The highest BCUT2D eigenvalue weighted by molar-refractivity contribution is 5.76. The second-order valence-corrected chi connectivity index (χ2v) is 15.8. The number of aliphatic hydroxyl groups excluding tert-OH is 2. The lowest BCUT2D eigenvalue weighted by Crippen LogP contribution is -2.45. The Morgan fingerprint density at radius 1 is 0.442 bits per heavy atom. The summed E-state index contributed by atoms with van der Waals surface area (Å²) < 4.78 is 0. The monoisotopic (exact) mass is 730 g/mol. The minimum Gasteiger partial charge on any atom is -0.394 e. The zero-order valence-electron chi connectivity index (χ0n) is 35.1. The number of carbonyl (C=O) groups excluding carboxylic acids is 1. The van der Waals surface area contributed by atoms with Gasteiger partial charge in [0, 0.05) is 6.42 Å². The summed E-state index contributed by atoms with van der Waals surface area (Å²) in [5, 5.41) is 23.0. The lowest BCUT2D eigenvalue weighted by molar-refractivity contribution is -0.123. The maximum Gasteiger partial charge on any atom is 0.220 e. The van der Waals surface area contributed by atoms with Gasteiger partial charge in [0.05, 0.1) is 18.8 Å². The Labute approximate surface area is 325 Å². The number of carbonyl (C=O) groups is 1. The van der Waals surface area contributed by atoms with Crippen LogP contribution in [0.25, 0.3) is 0 Å². The number of hydrogen-bond acceptors (Lipinski definition) is 3. The Bertz CT molecular complexity index is 790. The Balaban J connectivity index is 3.60. The quantitative estimate of drug-likeness (QED) is 0.0433. The standard InChI is InChI=1S/C48H91NO3/c1-3-5-7-9-11-13-15-17-19-21-23-25-27-29-31-33-35-37-39-41-43-47(51)46(45-50)49-48(52)44-42-40-38-36-34-32-30-28-26-24-22-20-18-16-14-12-10-8-6-4-2/h25,27,33,35,41,43,46-47,50-51H,3-24,26,28-32,34,36-40,42,44-45H2,1-2H3,(H,49,52)/b27-25+,35-33+,43-41+. The zero-order valence-corrected chi connectivity index (χ0v) is 35.1. The molecule has 52 heavy (non-hydrogen) atoms. The van der Waals surface area contributed by atoms with Gasteiger partial charge in [-0.25, -0.2) is 0 Å². The van der Waals surface area contributed by atoms with E-state index in [9.17, 15) is 15.0 Å². The molecule has 0 aromatic heterocycles. The van der Waals surface area contributed by atoms with Crippen molar-refractivity contribution in [2.75, 3.05) is 6.61 Å². The first kappa shape index (κ1) is 50.6. The van der Waals surface area contributed by atoms with Crippen molar-refractivity contribution in [1.29, 1.82) is 0 Å². The predicted molar refractivity (Wildman–Crippen MR) is 230 cm³/mol. The van der Waals surface area contributed by atoms with Crippen LogP contribution in [0.3, 0.4) is 0 Å². The summed E-state index contributed by atoms with van der Waals surface area (Å²) in [6.45, 7) is 4.31. The van der Waals surface area contributed by atoms with Crippen LogP contribution in [0.1, 0.15) is 245 Å². The van der Waals surface area contributed by atoms with Gasteiger partial charge in [-0.1, -0.05) is 230 Å². The molecule has 4 heteroatoms. The van der Waals surface area contributed by atoms with E-state index in [-0.39, 0.29) is 12.5 Å². The fraction of sp³-hybridized carbons (Fsp3) is 0.854. The molecule has 0 aliphatic carbocycles. The fourth-order valence-electron chi connectivity index (χ4n) is 7.03. The van der Waals surface area contributed by atoms with Crippen molar-refractivity contribution in [2.24, 2.45) is 0 Å². The van der Waals surface area contributed by atoms with Gasteiger partial charge in [-0.05, 0) is 44.9 Å². The van der Waals surface area contributed by atoms with Crippen molar-refractivity contribution < 1.29 is 15.0 Å². The molecule has 0 heterocycles. The van der Waals surface area contributed by atoms with E-state index in [1.807, 2.05) is 6.08 Å². The molecular formula is C48H91NO3. The summed E-state index contributed by atoms with van der Waals surface area (Å²) in [5.41, 5.74) is 0. The molecule has 0 spiro atoms. The van der Waals surface area contributed by atoms with Crippen LogP contribution in [-0.2, 0) is 4.79 Å². The molecule has 0 saturated carbocycles. The van der Waals surface area contributed by atoms with Gasteiger partial charge in [0.25, 0.3) is 0 Å². The van der Waals surface area contributed by atoms with E-state index in [4.69, 9.17) is 0 Å². The van der Waals surface area contributed by atoms with E-state index in [1.54, 1.807) is 6.08 Å². The first-order chi connectivity index (χ1) is 25.7. The molecule has 3 N–H and O–H groups in total. The molecule has 0 rings (SSSR count). The molecule has 0 bridgehead atoms. The van der Waals surface area contributed by atoms with Crippen LogP contribution in [0.15, 0.2) is 36.5 Å². The van der Waals surface area contributed by atoms with E-state index >= 15 is 0 Å². The Kier molecular flexibility index (Phi) is 42.8. The molecule has 4 nitrogen and oxygen atoms in total. The first-order valence-corrected chi connectivity index (χ1v) is 23.2. The third-order valence-corrected chi connectivity index (χ3v) is 10.6. The minimum absolute atomic E-state index is 0.0746. The van der Waals surface area contributed by atoms with Crippen LogP contribution in [-0.4, -0.2) is 34.9 Å². The number of hydrogen-bond donors (Lipinski definition) is 3. The maximum absolute atomic E-state index is 12.4. The molecule has 0 saturated heterocycles. The zero-order chi connectivity index (χ0) is 37.8. The Morgan fingerprint density at radius 3 is 1.12 bits per heavy atom. The van der Waals surface area contributed by atoms with E-state index in [0.717, 1.165) is 38.5 Å². The second kappa shape index (κ2) is 44.0. The summed E-state index contributed by atoms with van der Waals surface area (Å²) >= 11 is 0. The number of aliphatic hydroxyl groups is 2. The molecule has 0 radical (unpaired) electrons. The van der Waals surface area contributed by atoms with Crippen molar-refractivity contribution in [3.63, 3.8) is 0 Å². The molecule has 1 amide bonds. The fourth-order valence-corrected chi connectivity index (χ4v) is 7.03. The molecule has 2 atom stereocenters. The normalized spacial score (nSPS) is 13.2. The number of rotatable bonds is 42. The van der Waals surface area contributed by atoms with Gasteiger partial charge in [-0.3, -0.25) is 4.79 Å². The van der Waals surface area contributed by atoms with Gasteiger partial charge < -0.3 is 15.5 Å². The third kappa shape index (κ3) is 39.8. The Morgan fingerprint density at radius 2 is 0.750 bits per heavy atom. The first-order valence-electron chi connectivity index (χ1n) is 23.2. The average Bonchev–Trinajstić information content (AvgIpc) is 3.15. The van der Waals surface area contributed by atoms with Crippen LogP contribution in [0.2, 0.25) is 0 Å². The number of nitrogens with one attached hydrogen (secondary N) is 1. The lowest BCUT2D eigenvalue weighted by Gasteiger charge is -2.19. The number of amides is 1. The molecule has 0 fully saturated rings. The molecular weight excluding hydrogens is 639 g/mol. The summed E-state index contributed by atoms with van der Waals surface area (Å²) in [7, 11) is 0. The lowest BCUT2D eigenvalue weighted by atomic mass is 10.0. The van der Waals surface area contributed by atoms with Gasteiger partial charge in [0.1, 0.15) is 0 Å². The van der Waals surface area contributed by atoms with Gasteiger partial charge >= 0.3 is 0 Å². The van der Waals surface area contributed by atoms with E-state index in [2.05, 4.69) is 43.5 Å². The average molecular weight is 730 g/mol. The van der Waals surface area contributed by atoms with Crippen LogP contribution >= 0.6 is 0 Å².